The quantitative estimate of drug-likeness (QED) is 0.128. The Morgan fingerprint density at radius 3 is 2.39 bits per heavy atom. The molecule has 0 aliphatic rings. The fourth-order valence-corrected chi connectivity index (χ4v) is 3.23. The number of carbonyl (C=O) groups is 1. The van der Waals surface area contributed by atoms with Crippen LogP contribution in [0.3, 0.4) is 0 Å². The lowest BCUT2D eigenvalue weighted by atomic mass is 10.1. The maximum Gasteiger partial charge on any atom is 0.416 e. The van der Waals surface area contributed by atoms with E-state index in [1.54, 1.807) is 0 Å². The van der Waals surface area contributed by atoms with E-state index in [1.165, 1.54) is 30.3 Å². The first-order valence-corrected chi connectivity index (χ1v) is 10.7. The largest absolute Gasteiger partial charge is 0.450 e. The summed E-state index contributed by atoms with van der Waals surface area (Å²) in [6.07, 6.45) is -1.87. The average molecular weight is 495 g/mol. The first kappa shape index (κ1) is 26.0. The number of carbonyl (C=O) groups excluding carboxylic acids is 1. The number of nitrogens with one attached hydrogen (secondary N) is 1. The predicted molar refractivity (Wildman–Crippen MR) is 126 cm³/mol. The van der Waals surface area contributed by atoms with Gasteiger partial charge in [0.05, 0.1) is 10.5 Å². The molecular weight excluding hydrogens is 475 g/mol. The lowest BCUT2D eigenvalue weighted by molar-refractivity contribution is -0.385. The van der Waals surface area contributed by atoms with E-state index in [9.17, 15) is 33.3 Å². The van der Waals surface area contributed by atoms with Gasteiger partial charge in [-0.1, -0.05) is 42.5 Å². The van der Waals surface area contributed by atoms with Crippen molar-refractivity contribution >= 4 is 17.7 Å². The normalized spacial score (nSPS) is 11.4. The lowest BCUT2D eigenvalue weighted by Gasteiger charge is -2.10. The van der Waals surface area contributed by atoms with Crippen LogP contribution in [0.4, 0.5) is 18.9 Å². The minimum Gasteiger partial charge on any atom is -0.450 e. The molecule has 0 spiro atoms. The SMILES string of the molecule is N#C/C(=C/c1ccc(Oc2ccc(C(F)(F)F)cc2[N+](=O)[O-])cc1)C(=O)NCCCc1ccccc1. The summed E-state index contributed by atoms with van der Waals surface area (Å²) in [6, 6.07) is 19.5. The number of halogens is 3. The molecule has 184 valence electrons. The second kappa shape index (κ2) is 11.7. The van der Waals surface area contributed by atoms with Gasteiger partial charge >= 0.3 is 11.9 Å². The Labute approximate surface area is 204 Å². The van der Waals surface area contributed by atoms with Gasteiger partial charge in [0, 0.05) is 12.6 Å². The Kier molecular flexibility index (Phi) is 8.41. The number of nitrogens with zero attached hydrogens (tertiary/aromatic N) is 2. The van der Waals surface area contributed by atoms with Gasteiger partial charge in [-0.2, -0.15) is 18.4 Å². The van der Waals surface area contributed by atoms with E-state index in [-0.39, 0.29) is 17.1 Å². The minimum absolute atomic E-state index is 0.109. The summed E-state index contributed by atoms with van der Waals surface area (Å²) in [5, 5.41) is 23.3. The number of nitriles is 1. The highest BCUT2D eigenvalue weighted by Gasteiger charge is 2.33. The van der Waals surface area contributed by atoms with Crippen molar-refractivity contribution in [2.75, 3.05) is 6.54 Å². The van der Waals surface area contributed by atoms with Crippen molar-refractivity contribution in [3.05, 3.63) is 105 Å². The number of nitro groups is 1. The van der Waals surface area contributed by atoms with Crippen LogP contribution in [0.2, 0.25) is 0 Å². The molecule has 0 heterocycles. The van der Waals surface area contributed by atoms with Crippen molar-refractivity contribution in [1.82, 2.24) is 5.32 Å². The average Bonchev–Trinajstić information content (AvgIpc) is 2.86. The number of benzene rings is 3. The summed E-state index contributed by atoms with van der Waals surface area (Å²) in [6.45, 7) is 0.394. The number of aryl methyl sites for hydroxylation is 1. The van der Waals surface area contributed by atoms with E-state index < -0.39 is 28.3 Å². The molecule has 7 nitrogen and oxygen atoms in total. The van der Waals surface area contributed by atoms with Crippen LogP contribution >= 0.6 is 0 Å². The molecule has 0 saturated heterocycles. The predicted octanol–water partition coefficient (Wildman–Crippen LogP) is 6.06. The van der Waals surface area contributed by atoms with Gasteiger partial charge in [0.2, 0.25) is 5.75 Å². The van der Waals surface area contributed by atoms with E-state index in [2.05, 4.69) is 5.32 Å². The van der Waals surface area contributed by atoms with E-state index in [4.69, 9.17) is 4.74 Å². The van der Waals surface area contributed by atoms with E-state index in [1.807, 2.05) is 36.4 Å². The molecule has 0 aromatic heterocycles. The van der Waals surface area contributed by atoms with Crippen LogP contribution in [0.15, 0.2) is 78.4 Å². The van der Waals surface area contributed by atoms with Gasteiger partial charge in [0.25, 0.3) is 5.91 Å². The Hall–Kier alpha value is -4.65. The Bertz CT molecular complexity index is 1300. The van der Waals surface area contributed by atoms with Crippen LogP contribution in [0.5, 0.6) is 11.5 Å². The third-order valence-corrected chi connectivity index (χ3v) is 5.04. The number of alkyl halides is 3. The van der Waals surface area contributed by atoms with Crippen molar-refractivity contribution in [1.29, 1.82) is 5.26 Å². The van der Waals surface area contributed by atoms with Gasteiger partial charge in [0.1, 0.15) is 17.4 Å². The molecule has 0 saturated carbocycles. The zero-order valence-electron chi connectivity index (χ0n) is 18.8. The van der Waals surface area contributed by atoms with Crippen molar-refractivity contribution in [3.8, 4) is 17.6 Å². The van der Waals surface area contributed by atoms with Gasteiger partial charge in [-0.3, -0.25) is 14.9 Å². The number of nitro benzene ring substituents is 1. The molecule has 0 bridgehead atoms. The molecule has 0 unspecified atom stereocenters. The summed E-state index contributed by atoms with van der Waals surface area (Å²) < 4.78 is 44.0. The second-order valence-corrected chi connectivity index (χ2v) is 7.62. The molecule has 0 radical (unpaired) electrons. The first-order valence-electron chi connectivity index (χ1n) is 10.7. The molecule has 1 amide bonds. The van der Waals surface area contributed by atoms with Crippen molar-refractivity contribution < 1.29 is 27.6 Å². The maximum atomic E-state index is 12.9. The molecule has 0 fully saturated rings. The molecule has 10 heteroatoms. The van der Waals surface area contributed by atoms with Gasteiger partial charge in [-0.05, 0) is 54.3 Å². The fraction of sp³-hybridized carbons (Fsp3) is 0.154. The van der Waals surface area contributed by atoms with Crippen molar-refractivity contribution in [2.24, 2.45) is 0 Å². The van der Waals surface area contributed by atoms with Crippen LogP contribution in [0.25, 0.3) is 6.08 Å². The van der Waals surface area contributed by atoms with Gasteiger partial charge < -0.3 is 10.1 Å². The number of rotatable bonds is 9. The van der Waals surface area contributed by atoms with Crippen molar-refractivity contribution in [3.63, 3.8) is 0 Å². The van der Waals surface area contributed by atoms with Gasteiger partial charge in [0.15, 0.2) is 0 Å². The molecule has 1 N–H and O–H groups in total. The van der Waals surface area contributed by atoms with Crippen LogP contribution in [-0.4, -0.2) is 17.4 Å². The van der Waals surface area contributed by atoms with E-state index >= 15 is 0 Å². The highest BCUT2D eigenvalue weighted by Crippen LogP contribution is 2.37. The highest BCUT2D eigenvalue weighted by molar-refractivity contribution is 6.01. The summed E-state index contributed by atoms with van der Waals surface area (Å²) in [5.41, 5.74) is -0.470. The van der Waals surface area contributed by atoms with Gasteiger partial charge in [-0.25, -0.2) is 0 Å². The first-order chi connectivity index (χ1) is 17.2. The summed E-state index contributed by atoms with van der Waals surface area (Å²) in [4.78, 5) is 22.6. The fourth-order valence-electron chi connectivity index (χ4n) is 3.23. The molecular formula is C26H20F3N3O4. The van der Waals surface area contributed by atoms with Crippen LogP contribution < -0.4 is 10.1 Å². The monoisotopic (exact) mass is 495 g/mol. The smallest absolute Gasteiger partial charge is 0.416 e. The zero-order valence-corrected chi connectivity index (χ0v) is 18.8. The molecule has 3 aromatic carbocycles. The van der Waals surface area contributed by atoms with Crippen LogP contribution in [0, 0.1) is 21.4 Å². The Balaban J connectivity index is 1.63. The number of hydrogen-bond acceptors (Lipinski definition) is 5. The summed E-state index contributed by atoms with van der Waals surface area (Å²) in [5.74, 6) is -0.756. The van der Waals surface area contributed by atoms with E-state index in [0.717, 1.165) is 18.1 Å². The molecule has 0 atom stereocenters. The number of hydrogen-bond donors (Lipinski definition) is 1. The standard InChI is InChI=1S/C26H20F3N3O4/c27-26(28,29)21-10-13-24(23(16-21)32(34)35)36-22-11-8-19(9-12-22)15-20(17-30)25(33)31-14-4-7-18-5-2-1-3-6-18/h1-3,5-6,8-13,15-16H,4,7,14H2,(H,31,33)/b20-15-. The number of ether oxygens (including phenoxy) is 1. The minimum atomic E-state index is -4.73. The third kappa shape index (κ3) is 7.17. The summed E-state index contributed by atoms with van der Waals surface area (Å²) >= 11 is 0. The second-order valence-electron chi connectivity index (χ2n) is 7.62. The zero-order chi connectivity index (χ0) is 26.1. The topological polar surface area (TPSA) is 105 Å². The van der Waals surface area contributed by atoms with E-state index in [0.29, 0.717) is 30.7 Å². The molecule has 0 aliphatic heterocycles. The lowest BCUT2D eigenvalue weighted by Crippen LogP contribution is -2.25. The summed E-state index contributed by atoms with van der Waals surface area (Å²) in [7, 11) is 0. The molecule has 3 rings (SSSR count). The third-order valence-electron chi connectivity index (χ3n) is 5.04. The molecule has 0 aliphatic carbocycles. The van der Waals surface area contributed by atoms with Crippen LogP contribution in [-0.2, 0) is 17.4 Å². The van der Waals surface area contributed by atoms with Crippen LogP contribution in [0.1, 0.15) is 23.1 Å². The Morgan fingerprint density at radius 2 is 1.78 bits per heavy atom. The van der Waals surface area contributed by atoms with Crippen molar-refractivity contribution in [2.45, 2.75) is 19.0 Å². The highest BCUT2D eigenvalue weighted by atomic mass is 19.4. The Morgan fingerprint density at radius 1 is 1.08 bits per heavy atom. The maximum absolute atomic E-state index is 12.9. The molecule has 3 aromatic rings. The number of amides is 1. The van der Waals surface area contributed by atoms with Gasteiger partial charge in [-0.15, -0.1) is 0 Å². The molecule has 36 heavy (non-hydrogen) atoms.